The molecule has 0 aliphatic carbocycles. The number of amides is 1. The zero-order chi connectivity index (χ0) is 21.0. The second kappa shape index (κ2) is 8.78. The van der Waals surface area contributed by atoms with Crippen molar-refractivity contribution >= 4 is 17.4 Å². The molecular weight excluding hydrogens is 366 g/mol. The summed E-state index contributed by atoms with van der Waals surface area (Å²) in [5.41, 5.74) is 2.37. The van der Waals surface area contributed by atoms with Gasteiger partial charge >= 0.3 is 0 Å². The van der Waals surface area contributed by atoms with Gasteiger partial charge in [0, 0.05) is 12.1 Å². The van der Waals surface area contributed by atoms with Crippen LogP contribution in [0.1, 0.15) is 36.1 Å². The van der Waals surface area contributed by atoms with Gasteiger partial charge < -0.3 is 14.7 Å². The maximum absolute atomic E-state index is 12.9. The van der Waals surface area contributed by atoms with Crippen molar-refractivity contribution in [3.63, 3.8) is 0 Å². The van der Waals surface area contributed by atoms with Gasteiger partial charge in [-0.25, -0.2) is 0 Å². The number of ketones is 1. The zero-order valence-corrected chi connectivity index (χ0v) is 16.7. The zero-order valence-electron chi connectivity index (χ0n) is 16.7. The van der Waals surface area contributed by atoms with E-state index in [1.54, 1.807) is 30.3 Å². The van der Waals surface area contributed by atoms with E-state index in [0.717, 1.165) is 5.56 Å². The third-order valence-electron chi connectivity index (χ3n) is 4.87. The van der Waals surface area contributed by atoms with Gasteiger partial charge in [-0.2, -0.15) is 0 Å². The summed E-state index contributed by atoms with van der Waals surface area (Å²) in [6.45, 7) is 8.29. The summed E-state index contributed by atoms with van der Waals surface area (Å²) < 4.78 is 5.61. The molecule has 3 rings (SSSR count). The standard InChI is InChI=1S/C24H25NO4/c1-4-13-25-21(18-7-6-8-19(15-18)29-14-5-2)20(23(27)24(25)28)22(26)17-11-9-16(3)10-12-17/h5-12,15,21,26H,2,4,13-14H2,1,3H3/b22-20-. The third kappa shape index (κ3) is 4.09. The average molecular weight is 391 g/mol. The lowest BCUT2D eigenvalue weighted by atomic mass is 9.95. The molecule has 1 heterocycles. The van der Waals surface area contributed by atoms with Crippen LogP contribution >= 0.6 is 0 Å². The van der Waals surface area contributed by atoms with Crippen molar-refractivity contribution in [3.05, 3.63) is 83.4 Å². The number of carbonyl (C=O) groups excluding carboxylic acids is 2. The van der Waals surface area contributed by atoms with Crippen LogP contribution in [0.3, 0.4) is 0 Å². The van der Waals surface area contributed by atoms with Gasteiger partial charge in [-0.1, -0.05) is 61.5 Å². The molecule has 1 saturated heterocycles. The minimum atomic E-state index is -0.668. The van der Waals surface area contributed by atoms with Crippen LogP contribution in [0.4, 0.5) is 0 Å². The van der Waals surface area contributed by atoms with Crippen LogP contribution in [0.5, 0.6) is 5.75 Å². The van der Waals surface area contributed by atoms with Crippen LogP contribution < -0.4 is 4.74 Å². The number of aryl methyl sites for hydroxylation is 1. The van der Waals surface area contributed by atoms with E-state index in [0.29, 0.717) is 36.4 Å². The van der Waals surface area contributed by atoms with Gasteiger partial charge in [-0.3, -0.25) is 9.59 Å². The van der Waals surface area contributed by atoms with Crippen LogP contribution in [0.25, 0.3) is 5.76 Å². The highest BCUT2D eigenvalue weighted by atomic mass is 16.5. The van der Waals surface area contributed by atoms with Crippen LogP contribution in [0.15, 0.2) is 66.8 Å². The molecule has 0 radical (unpaired) electrons. The number of aliphatic hydroxyl groups is 1. The first-order valence-electron chi connectivity index (χ1n) is 9.67. The van der Waals surface area contributed by atoms with Gasteiger partial charge in [0.25, 0.3) is 11.7 Å². The van der Waals surface area contributed by atoms with Gasteiger partial charge in [-0.05, 0) is 31.0 Å². The van der Waals surface area contributed by atoms with Crippen molar-refractivity contribution in [2.45, 2.75) is 26.3 Å². The summed E-state index contributed by atoms with van der Waals surface area (Å²) in [5.74, 6) is -0.814. The molecule has 1 aliphatic heterocycles. The van der Waals surface area contributed by atoms with Crippen molar-refractivity contribution in [1.82, 2.24) is 4.90 Å². The summed E-state index contributed by atoms with van der Waals surface area (Å²) in [6.07, 6.45) is 2.34. The van der Waals surface area contributed by atoms with Gasteiger partial charge in [0.15, 0.2) is 0 Å². The number of rotatable bonds is 7. The Morgan fingerprint density at radius 3 is 2.59 bits per heavy atom. The Morgan fingerprint density at radius 2 is 1.93 bits per heavy atom. The summed E-state index contributed by atoms with van der Waals surface area (Å²) in [4.78, 5) is 27.1. The molecule has 1 unspecified atom stereocenters. The average Bonchev–Trinajstić information content (AvgIpc) is 2.98. The van der Waals surface area contributed by atoms with Crippen LogP contribution in [0, 0.1) is 6.92 Å². The number of benzene rings is 2. The highest BCUT2D eigenvalue weighted by Crippen LogP contribution is 2.40. The molecule has 0 saturated carbocycles. The summed E-state index contributed by atoms with van der Waals surface area (Å²) in [5, 5.41) is 11.0. The van der Waals surface area contributed by atoms with E-state index < -0.39 is 17.7 Å². The lowest BCUT2D eigenvalue weighted by Crippen LogP contribution is -2.30. The first-order valence-corrected chi connectivity index (χ1v) is 9.67. The molecule has 5 nitrogen and oxygen atoms in total. The van der Waals surface area contributed by atoms with Crippen molar-refractivity contribution in [3.8, 4) is 5.75 Å². The molecule has 2 aromatic rings. The maximum Gasteiger partial charge on any atom is 0.295 e. The van der Waals surface area contributed by atoms with E-state index in [4.69, 9.17) is 4.74 Å². The predicted molar refractivity (Wildman–Crippen MR) is 113 cm³/mol. The maximum atomic E-state index is 12.9. The van der Waals surface area contributed by atoms with Crippen molar-refractivity contribution < 1.29 is 19.4 Å². The van der Waals surface area contributed by atoms with Crippen LogP contribution in [-0.2, 0) is 9.59 Å². The number of likely N-dealkylation sites (tertiary alicyclic amines) is 1. The molecule has 0 bridgehead atoms. The number of hydrogen-bond acceptors (Lipinski definition) is 4. The molecule has 150 valence electrons. The smallest absolute Gasteiger partial charge is 0.295 e. The Bertz CT molecular complexity index is 959. The minimum absolute atomic E-state index is 0.105. The van der Waals surface area contributed by atoms with Gasteiger partial charge in [0.2, 0.25) is 0 Å². The van der Waals surface area contributed by atoms with Crippen LogP contribution in [0.2, 0.25) is 0 Å². The molecular formula is C24H25NO4. The molecule has 0 spiro atoms. The van der Waals surface area contributed by atoms with Gasteiger partial charge in [0.1, 0.15) is 18.1 Å². The SMILES string of the molecule is C=CCOc1cccc(C2/C(=C(/O)c3ccc(C)cc3)C(=O)C(=O)N2CCC)c1. The summed E-state index contributed by atoms with van der Waals surface area (Å²) >= 11 is 0. The Balaban J connectivity index is 2.13. The number of aliphatic hydroxyl groups excluding tert-OH is 1. The summed E-state index contributed by atoms with van der Waals surface area (Å²) in [6, 6.07) is 13.8. The monoisotopic (exact) mass is 391 g/mol. The van der Waals surface area contributed by atoms with Gasteiger partial charge in [-0.15, -0.1) is 0 Å². The Morgan fingerprint density at radius 1 is 1.21 bits per heavy atom. The number of Topliss-reactive ketones (excluding diaryl/α,β-unsaturated/α-hetero) is 1. The normalized spacial score (nSPS) is 18.1. The number of hydrogen-bond donors (Lipinski definition) is 1. The van der Waals surface area contributed by atoms with E-state index in [1.807, 2.05) is 38.1 Å². The molecule has 1 amide bonds. The van der Waals surface area contributed by atoms with Gasteiger partial charge in [0.05, 0.1) is 11.6 Å². The highest BCUT2D eigenvalue weighted by Gasteiger charge is 2.45. The number of ether oxygens (including phenoxy) is 1. The molecule has 1 fully saturated rings. The lowest BCUT2D eigenvalue weighted by Gasteiger charge is -2.25. The highest BCUT2D eigenvalue weighted by molar-refractivity contribution is 6.46. The number of nitrogens with zero attached hydrogens (tertiary/aromatic N) is 1. The first kappa shape index (κ1) is 20.4. The van der Waals surface area contributed by atoms with Crippen LogP contribution in [-0.4, -0.2) is 34.8 Å². The second-order valence-electron chi connectivity index (χ2n) is 7.03. The molecule has 2 aromatic carbocycles. The fourth-order valence-electron chi connectivity index (χ4n) is 3.49. The van der Waals surface area contributed by atoms with E-state index >= 15 is 0 Å². The summed E-state index contributed by atoms with van der Waals surface area (Å²) in [7, 11) is 0. The number of carbonyl (C=O) groups is 2. The molecule has 1 N–H and O–H groups in total. The van der Waals surface area contributed by atoms with E-state index in [2.05, 4.69) is 6.58 Å². The minimum Gasteiger partial charge on any atom is -0.507 e. The lowest BCUT2D eigenvalue weighted by molar-refractivity contribution is -0.139. The van der Waals surface area contributed by atoms with Crippen molar-refractivity contribution in [2.24, 2.45) is 0 Å². The molecule has 1 atom stereocenters. The topological polar surface area (TPSA) is 66.8 Å². The molecule has 1 aliphatic rings. The van der Waals surface area contributed by atoms with Crippen molar-refractivity contribution in [1.29, 1.82) is 0 Å². The Kier molecular flexibility index (Phi) is 6.17. The van der Waals surface area contributed by atoms with E-state index in [9.17, 15) is 14.7 Å². The third-order valence-corrected chi connectivity index (χ3v) is 4.87. The van der Waals surface area contributed by atoms with Crippen molar-refractivity contribution in [2.75, 3.05) is 13.2 Å². The fourth-order valence-corrected chi connectivity index (χ4v) is 3.49. The quantitative estimate of drug-likeness (QED) is 0.329. The first-order chi connectivity index (χ1) is 14.0. The predicted octanol–water partition coefficient (Wildman–Crippen LogP) is 4.39. The molecule has 5 heteroatoms. The Hall–Kier alpha value is -3.34. The fraction of sp³-hybridized carbons (Fsp3) is 0.250. The molecule has 29 heavy (non-hydrogen) atoms. The second-order valence-corrected chi connectivity index (χ2v) is 7.03. The largest absolute Gasteiger partial charge is 0.507 e. The van der Waals surface area contributed by atoms with E-state index in [1.165, 1.54) is 4.90 Å². The Labute approximate surface area is 170 Å². The van der Waals surface area contributed by atoms with E-state index in [-0.39, 0.29) is 11.3 Å². The molecule has 0 aromatic heterocycles.